The Bertz CT molecular complexity index is 540. The number of benzene rings is 1. The van der Waals surface area contributed by atoms with Crippen LogP contribution in [0.4, 0.5) is 5.69 Å². The van der Waals surface area contributed by atoms with Crippen LogP contribution < -0.4 is 15.4 Å². The molecule has 0 bridgehead atoms. The van der Waals surface area contributed by atoms with Crippen molar-refractivity contribution in [1.82, 2.24) is 0 Å². The second-order valence-electron chi connectivity index (χ2n) is 5.42. The molecule has 2 N–H and O–H groups in total. The molecule has 1 atom stereocenters. The summed E-state index contributed by atoms with van der Waals surface area (Å²) in [5.41, 5.74) is 7.16. The van der Waals surface area contributed by atoms with Crippen molar-refractivity contribution < 1.29 is 14.3 Å². The third-order valence-corrected chi connectivity index (χ3v) is 3.30. The second-order valence-corrected chi connectivity index (χ2v) is 5.42. The molecule has 5 nitrogen and oxygen atoms in total. The number of hydrogen-bond acceptors (Lipinski definition) is 4. The first-order chi connectivity index (χ1) is 9.43. The highest BCUT2D eigenvalue weighted by atomic mass is 16.5. The van der Waals surface area contributed by atoms with Crippen molar-refractivity contribution in [3.63, 3.8) is 0 Å². The third kappa shape index (κ3) is 2.67. The van der Waals surface area contributed by atoms with E-state index in [1.54, 1.807) is 0 Å². The van der Waals surface area contributed by atoms with Gasteiger partial charge in [0.15, 0.2) is 6.10 Å². The minimum atomic E-state index is -0.550. The Morgan fingerprint density at radius 2 is 2.15 bits per heavy atom. The maximum absolute atomic E-state index is 12.5. The van der Waals surface area contributed by atoms with E-state index >= 15 is 0 Å². The van der Waals surface area contributed by atoms with E-state index in [0.29, 0.717) is 18.0 Å². The van der Waals surface area contributed by atoms with Crippen LogP contribution in [-0.2, 0) is 16.1 Å². The highest BCUT2D eigenvalue weighted by Gasteiger charge is 2.36. The highest BCUT2D eigenvalue weighted by Crippen LogP contribution is 2.36. The molecule has 1 unspecified atom stereocenters. The summed E-state index contributed by atoms with van der Waals surface area (Å²) in [5, 5.41) is 0. The number of ketones is 1. The Labute approximate surface area is 118 Å². The molecular weight excluding hydrogens is 256 g/mol. The van der Waals surface area contributed by atoms with E-state index in [0.717, 1.165) is 5.56 Å². The smallest absolute Gasteiger partial charge is 0.268 e. The van der Waals surface area contributed by atoms with E-state index in [9.17, 15) is 9.59 Å². The number of nitrogens with zero attached hydrogens (tertiary/aromatic N) is 1. The molecular formula is C15H20N2O3. The van der Waals surface area contributed by atoms with Crippen LogP contribution in [0.5, 0.6) is 5.75 Å². The van der Waals surface area contributed by atoms with Gasteiger partial charge in [-0.1, -0.05) is 19.9 Å². The molecule has 0 aliphatic carbocycles. The number of Topliss-reactive ketones (excluding diaryl/α,β-unsaturated/α-hetero) is 1. The summed E-state index contributed by atoms with van der Waals surface area (Å²) in [6, 6.07) is 5.50. The first-order valence-corrected chi connectivity index (χ1v) is 6.74. The van der Waals surface area contributed by atoms with Crippen LogP contribution in [0, 0.1) is 5.92 Å². The monoisotopic (exact) mass is 276 g/mol. The van der Waals surface area contributed by atoms with Gasteiger partial charge < -0.3 is 10.5 Å². The summed E-state index contributed by atoms with van der Waals surface area (Å²) < 4.78 is 5.77. The normalized spacial score (nSPS) is 17.9. The fourth-order valence-corrected chi connectivity index (χ4v) is 2.27. The Morgan fingerprint density at radius 1 is 1.45 bits per heavy atom. The summed E-state index contributed by atoms with van der Waals surface area (Å²) in [6.45, 7) is 5.76. The Hall–Kier alpha value is -1.88. The average Bonchev–Trinajstić information content (AvgIpc) is 2.40. The molecule has 0 saturated carbocycles. The van der Waals surface area contributed by atoms with E-state index < -0.39 is 6.10 Å². The number of fused-ring (bicyclic) bond motifs is 1. The first-order valence-electron chi connectivity index (χ1n) is 6.74. The zero-order valence-electron chi connectivity index (χ0n) is 12.1. The van der Waals surface area contributed by atoms with Gasteiger partial charge in [-0.25, -0.2) is 0 Å². The molecule has 1 aromatic rings. The van der Waals surface area contributed by atoms with Gasteiger partial charge in [0.2, 0.25) is 0 Å². The van der Waals surface area contributed by atoms with Gasteiger partial charge in [-0.2, -0.15) is 0 Å². The fraction of sp³-hybridized carbons (Fsp3) is 0.467. The number of nitrogens with two attached hydrogens (primary N) is 1. The van der Waals surface area contributed by atoms with Crippen molar-refractivity contribution in [3.05, 3.63) is 23.8 Å². The van der Waals surface area contributed by atoms with E-state index in [2.05, 4.69) is 0 Å². The van der Waals surface area contributed by atoms with Crippen LogP contribution in [-0.4, -0.2) is 24.3 Å². The summed E-state index contributed by atoms with van der Waals surface area (Å²) in [4.78, 5) is 25.4. The predicted molar refractivity (Wildman–Crippen MR) is 76.6 cm³/mol. The molecule has 0 spiro atoms. The Kier molecular flexibility index (Phi) is 4.09. The van der Waals surface area contributed by atoms with E-state index in [-0.39, 0.29) is 24.2 Å². The van der Waals surface area contributed by atoms with Crippen LogP contribution in [0.2, 0.25) is 0 Å². The average molecular weight is 276 g/mol. The van der Waals surface area contributed by atoms with Crippen LogP contribution in [0.1, 0.15) is 26.3 Å². The molecule has 2 rings (SSSR count). The molecule has 0 aromatic heterocycles. The van der Waals surface area contributed by atoms with Crippen molar-refractivity contribution >= 4 is 17.4 Å². The lowest BCUT2D eigenvalue weighted by molar-refractivity contribution is -0.129. The quantitative estimate of drug-likeness (QED) is 0.904. The number of amides is 1. The van der Waals surface area contributed by atoms with Gasteiger partial charge in [0.25, 0.3) is 5.91 Å². The van der Waals surface area contributed by atoms with Crippen LogP contribution in [0.15, 0.2) is 18.2 Å². The molecule has 108 valence electrons. The molecule has 1 aliphatic heterocycles. The number of ether oxygens (including phenoxy) is 1. The maximum atomic E-state index is 12.5. The topological polar surface area (TPSA) is 72.6 Å². The van der Waals surface area contributed by atoms with E-state index in [4.69, 9.17) is 10.5 Å². The molecule has 20 heavy (non-hydrogen) atoms. The van der Waals surface area contributed by atoms with Crippen molar-refractivity contribution in [2.75, 3.05) is 11.4 Å². The maximum Gasteiger partial charge on any atom is 0.268 e. The summed E-state index contributed by atoms with van der Waals surface area (Å²) in [7, 11) is 0. The first kappa shape index (κ1) is 14.5. The van der Waals surface area contributed by atoms with Crippen molar-refractivity contribution in [2.45, 2.75) is 33.4 Å². The number of hydrogen-bond donors (Lipinski definition) is 1. The van der Waals surface area contributed by atoms with Crippen LogP contribution in [0.25, 0.3) is 0 Å². The lowest BCUT2D eigenvalue weighted by atomic mass is 10.0. The minimum Gasteiger partial charge on any atom is -0.478 e. The molecule has 5 heteroatoms. The van der Waals surface area contributed by atoms with Crippen molar-refractivity contribution in [3.8, 4) is 5.75 Å². The Morgan fingerprint density at radius 3 is 2.70 bits per heavy atom. The number of carbonyl (C=O) groups is 2. The molecule has 1 aromatic carbocycles. The summed E-state index contributed by atoms with van der Waals surface area (Å²) in [6.07, 6.45) is -0.550. The molecule has 0 radical (unpaired) electrons. The summed E-state index contributed by atoms with van der Waals surface area (Å²) in [5.74, 6) is 0.435. The zero-order valence-corrected chi connectivity index (χ0v) is 12.1. The lowest BCUT2D eigenvalue weighted by Crippen LogP contribution is -2.49. The van der Waals surface area contributed by atoms with E-state index in [1.165, 1.54) is 11.8 Å². The highest BCUT2D eigenvalue weighted by molar-refractivity contribution is 6.04. The number of carbonyl (C=O) groups excluding carboxylic acids is 2. The molecule has 0 fully saturated rings. The van der Waals surface area contributed by atoms with Gasteiger partial charge in [0.1, 0.15) is 11.5 Å². The summed E-state index contributed by atoms with van der Waals surface area (Å²) >= 11 is 0. The number of rotatable bonds is 4. The van der Waals surface area contributed by atoms with Crippen LogP contribution >= 0.6 is 0 Å². The van der Waals surface area contributed by atoms with Gasteiger partial charge in [-0.05, 0) is 30.5 Å². The van der Waals surface area contributed by atoms with Gasteiger partial charge in [-0.3, -0.25) is 14.5 Å². The molecule has 1 aliphatic rings. The standard InChI is InChI=1S/C15H20N2O3/c1-9(2)14-15(19)17(8-10(3)18)12-6-11(7-16)4-5-13(12)20-14/h4-6,9,14H,7-8,16H2,1-3H3. The van der Waals surface area contributed by atoms with Gasteiger partial charge in [-0.15, -0.1) is 0 Å². The molecule has 0 saturated heterocycles. The van der Waals surface area contributed by atoms with Gasteiger partial charge >= 0.3 is 0 Å². The zero-order chi connectivity index (χ0) is 14.9. The number of anilines is 1. The Balaban J connectivity index is 2.47. The van der Waals surface area contributed by atoms with Crippen molar-refractivity contribution in [1.29, 1.82) is 0 Å². The van der Waals surface area contributed by atoms with Crippen molar-refractivity contribution in [2.24, 2.45) is 11.7 Å². The fourth-order valence-electron chi connectivity index (χ4n) is 2.27. The lowest BCUT2D eigenvalue weighted by Gasteiger charge is -2.35. The molecule has 1 heterocycles. The van der Waals surface area contributed by atoms with E-state index in [1.807, 2.05) is 32.0 Å². The van der Waals surface area contributed by atoms with Gasteiger partial charge in [0.05, 0.1) is 12.2 Å². The SMILES string of the molecule is CC(=O)CN1C(=O)C(C(C)C)Oc2ccc(CN)cc21. The largest absolute Gasteiger partial charge is 0.478 e. The predicted octanol–water partition coefficient (Wildman–Crippen LogP) is 1.48. The third-order valence-electron chi connectivity index (χ3n) is 3.30. The molecule has 1 amide bonds. The second kappa shape index (κ2) is 5.63. The van der Waals surface area contributed by atoms with Gasteiger partial charge in [0, 0.05) is 6.54 Å². The minimum absolute atomic E-state index is 0.0410. The van der Waals surface area contributed by atoms with Crippen LogP contribution in [0.3, 0.4) is 0 Å².